The summed E-state index contributed by atoms with van der Waals surface area (Å²) in [5, 5.41) is 7.78. The molecule has 0 aromatic heterocycles. The lowest BCUT2D eigenvalue weighted by molar-refractivity contribution is -0.137. The number of ketones is 1. The molecule has 2 aromatic carbocycles. The Bertz CT molecular complexity index is 1480. The van der Waals surface area contributed by atoms with Crippen LogP contribution in [0, 0.1) is 17.8 Å². The summed E-state index contributed by atoms with van der Waals surface area (Å²) in [6.07, 6.45) is 2.74. The van der Waals surface area contributed by atoms with Gasteiger partial charge >= 0.3 is 0 Å². The lowest BCUT2D eigenvalue weighted by atomic mass is 9.85. The van der Waals surface area contributed by atoms with Crippen molar-refractivity contribution in [3.8, 4) is 23.0 Å². The van der Waals surface area contributed by atoms with Crippen LogP contribution in [0.3, 0.4) is 0 Å². The highest BCUT2D eigenvalue weighted by molar-refractivity contribution is 6.16. The molecule has 0 saturated carbocycles. The first-order chi connectivity index (χ1) is 20.6. The van der Waals surface area contributed by atoms with Crippen LogP contribution in [-0.4, -0.2) is 55.5 Å². The molecule has 0 bridgehead atoms. The van der Waals surface area contributed by atoms with E-state index in [0.717, 1.165) is 5.56 Å². The summed E-state index contributed by atoms with van der Waals surface area (Å²) in [6, 6.07) is 8.61. The molecular formula is C31H33N3O9. The predicted octanol–water partition coefficient (Wildman–Crippen LogP) is 2.07. The van der Waals surface area contributed by atoms with E-state index in [-0.39, 0.29) is 19.1 Å². The molecule has 1 unspecified atom stereocenters. The molecular weight excluding hydrogens is 558 g/mol. The molecule has 0 spiro atoms. The van der Waals surface area contributed by atoms with E-state index < -0.39 is 53.3 Å². The van der Waals surface area contributed by atoms with Gasteiger partial charge in [-0.1, -0.05) is 32.9 Å². The summed E-state index contributed by atoms with van der Waals surface area (Å²) in [5.41, 5.74) is 1.31. The zero-order valence-corrected chi connectivity index (χ0v) is 24.0. The van der Waals surface area contributed by atoms with Crippen molar-refractivity contribution in [2.75, 3.05) is 20.0 Å². The lowest BCUT2D eigenvalue weighted by Crippen LogP contribution is -2.49. The molecule has 1 saturated heterocycles. The third kappa shape index (κ3) is 6.63. The van der Waals surface area contributed by atoms with Gasteiger partial charge < -0.3 is 29.6 Å². The van der Waals surface area contributed by atoms with Gasteiger partial charge in [0.15, 0.2) is 28.8 Å². The average Bonchev–Trinajstić information content (AvgIpc) is 3.56. The number of carbonyl (C=O) groups is 5. The topological polar surface area (TPSA) is 158 Å². The number of ether oxygens (including phenoxy) is 4. The van der Waals surface area contributed by atoms with E-state index in [1.807, 2.05) is 0 Å². The molecule has 12 nitrogen and oxygen atoms in total. The number of hydrogen-bond donors (Lipinski definition) is 3. The monoisotopic (exact) mass is 591 g/mol. The minimum absolute atomic E-state index is 0.135. The summed E-state index contributed by atoms with van der Waals surface area (Å²) in [6.45, 7) is 5.89. The number of hydrogen-bond acceptors (Lipinski definition) is 9. The molecule has 226 valence electrons. The quantitative estimate of drug-likeness (QED) is 0.214. The number of imide groups is 1. The number of benzene rings is 2. The molecule has 3 heterocycles. The average molecular weight is 592 g/mol. The van der Waals surface area contributed by atoms with E-state index in [9.17, 15) is 24.0 Å². The third-order valence-electron chi connectivity index (χ3n) is 7.54. The molecule has 0 aliphatic carbocycles. The van der Waals surface area contributed by atoms with Crippen molar-refractivity contribution in [3.63, 3.8) is 0 Å². The van der Waals surface area contributed by atoms with E-state index in [0.29, 0.717) is 41.8 Å². The minimum atomic E-state index is -1.19. The van der Waals surface area contributed by atoms with Crippen molar-refractivity contribution < 1.29 is 42.9 Å². The van der Waals surface area contributed by atoms with Crippen LogP contribution < -0.4 is 34.9 Å². The molecule has 2 aromatic rings. The molecule has 3 N–H and O–H groups in total. The minimum Gasteiger partial charge on any atom is -0.486 e. The number of Topliss-reactive ketones (excluding diaryl/α,β-unsaturated/α-hetero) is 1. The highest BCUT2D eigenvalue weighted by Gasteiger charge is 2.46. The first kappa shape index (κ1) is 29.6. The maximum atomic E-state index is 13.4. The van der Waals surface area contributed by atoms with E-state index in [1.54, 1.807) is 56.3 Å². The maximum absolute atomic E-state index is 13.4. The maximum Gasteiger partial charge on any atom is 0.244 e. The SMILES string of the molecule is CC(C)[C@H](NC(=O)CC(NC(=O)/C=C/c1ccc2c(c1)OCO2)c1ccc2c(c1)OCCO2)C(=O)[C@@H]1C(=O)NC(=O)[C@H]1C. The Balaban J connectivity index is 1.33. The fraction of sp³-hybridized carbons (Fsp3) is 0.387. The third-order valence-corrected chi connectivity index (χ3v) is 7.54. The van der Waals surface area contributed by atoms with Crippen LogP contribution in [0.2, 0.25) is 0 Å². The second-order valence-corrected chi connectivity index (χ2v) is 10.9. The Morgan fingerprint density at radius 1 is 0.907 bits per heavy atom. The van der Waals surface area contributed by atoms with Crippen molar-refractivity contribution >= 4 is 35.5 Å². The van der Waals surface area contributed by atoms with Crippen LogP contribution in [0.25, 0.3) is 6.08 Å². The highest BCUT2D eigenvalue weighted by atomic mass is 16.7. The number of rotatable bonds is 10. The van der Waals surface area contributed by atoms with Crippen molar-refractivity contribution in [2.24, 2.45) is 17.8 Å². The fourth-order valence-corrected chi connectivity index (χ4v) is 5.18. The second kappa shape index (κ2) is 12.6. The second-order valence-electron chi connectivity index (χ2n) is 10.9. The van der Waals surface area contributed by atoms with Crippen molar-refractivity contribution in [2.45, 2.75) is 39.3 Å². The van der Waals surface area contributed by atoms with Gasteiger partial charge in [0.05, 0.1) is 24.4 Å². The van der Waals surface area contributed by atoms with Gasteiger partial charge in [0.2, 0.25) is 30.4 Å². The summed E-state index contributed by atoms with van der Waals surface area (Å²) in [4.78, 5) is 64.0. The van der Waals surface area contributed by atoms with E-state index >= 15 is 0 Å². The number of carbonyl (C=O) groups excluding carboxylic acids is 5. The van der Waals surface area contributed by atoms with Crippen LogP contribution in [0.15, 0.2) is 42.5 Å². The van der Waals surface area contributed by atoms with Gasteiger partial charge in [-0.25, -0.2) is 0 Å². The van der Waals surface area contributed by atoms with E-state index in [2.05, 4.69) is 16.0 Å². The molecule has 12 heteroatoms. The molecule has 0 radical (unpaired) electrons. The molecule has 4 atom stereocenters. The van der Waals surface area contributed by atoms with Gasteiger partial charge in [0, 0.05) is 6.08 Å². The van der Waals surface area contributed by atoms with Gasteiger partial charge in [-0.05, 0) is 47.4 Å². The zero-order chi connectivity index (χ0) is 30.7. The molecule has 3 aliphatic rings. The van der Waals surface area contributed by atoms with Gasteiger partial charge in [-0.3, -0.25) is 29.3 Å². The van der Waals surface area contributed by atoms with Crippen molar-refractivity contribution in [1.29, 1.82) is 0 Å². The Morgan fingerprint density at radius 2 is 1.58 bits per heavy atom. The summed E-state index contributed by atoms with van der Waals surface area (Å²) in [5.74, 6) is -2.85. The zero-order valence-electron chi connectivity index (χ0n) is 24.0. The Kier molecular flexibility index (Phi) is 8.65. The molecule has 4 amide bonds. The standard InChI is InChI=1S/C31H33N3O9/c1-16(2)28(29(37)27-17(3)30(38)34-31(27)39)33-26(36)14-20(19-6-8-21-24(13-19)41-11-10-40-21)32-25(35)9-5-18-4-7-22-23(12-18)43-15-42-22/h4-9,12-13,16-17,20,27-28H,10-11,14-15H2,1-3H3,(H,32,35)(H,33,36)(H,34,38,39)/b9-5+/t17-,20?,27+,28-/m0/s1. The largest absolute Gasteiger partial charge is 0.486 e. The van der Waals surface area contributed by atoms with Gasteiger partial charge in [0.1, 0.15) is 19.1 Å². The number of amides is 4. The molecule has 43 heavy (non-hydrogen) atoms. The van der Waals surface area contributed by atoms with Gasteiger partial charge in [-0.2, -0.15) is 0 Å². The number of nitrogens with one attached hydrogen (secondary N) is 3. The predicted molar refractivity (Wildman–Crippen MR) is 152 cm³/mol. The normalized spacial score (nSPS) is 20.1. The summed E-state index contributed by atoms with van der Waals surface area (Å²) in [7, 11) is 0. The Morgan fingerprint density at radius 3 is 2.30 bits per heavy atom. The Labute approximate surface area is 248 Å². The van der Waals surface area contributed by atoms with Gasteiger partial charge in [0.25, 0.3) is 0 Å². The first-order valence-corrected chi connectivity index (χ1v) is 14.1. The molecule has 3 aliphatic heterocycles. The van der Waals surface area contributed by atoms with Crippen LogP contribution >= 0.6 is 0 Å². The fourth-order valence-electron chi connectivity index (χ4n) is 5.18. The van der Waals surface area contributed by atoms with Gasteiger partial charge in [-0.15, -0.1) is 0 Å². The van der Waals surface area contributed by atoms with E-state index in [4.69, 9.17) is 18.9 Å². The first-order valence-electron chi connectivity index (χ1n) is 14.1. The van der Waals surface area contributed by atoms with Crippen LogP contribution in [0.1, 0.15) is 44.4 Å². The smallest absolute Gasteiger partial charge is 0.244 e. The summed E-state index contributed by atoms with van der Waals surface area (Å²) >= 11 is 0. The van der Waals surface area contributed by atoms with Crippen molar-refractivity contribution in [3.05, 3.63) is 53.6 Å². The molecule has 5 rings (SSSR count). The lowest BCUT2D eigenvalue weighted by Gasteiger charge is -2.26. The van der Waals surface area contributed by atoms with Crippen LogP contribution in [0.4, 0.5) is 0 Å². The van der Waals surface area contributed by atoms with Crippen LogP contribution in [-0.2, 0) is 24.0 Å². The molecule has 1 fully saturated rings. The van der Waals surface area contributed by atoms with Crippen LogP contribution in [0.5, 0.6) is 23.0 Å². The van der Waals surface area contributed by atoms with E-state index in [1.165, 1.54) is 13.0 Å². The number of fused-ring (bicyclic) bond motifs is 2. The Hall–Kier alpha value is -4.87. The highest BCUT2D eigenvalue weighted by Crippen LogP contribution is 2.34. The van der Waals surface area contributed by atoms with Crippen molar-refractivity contribution in [1.82, 2.24) is 16.0 Å². The summed E-state index contributed by atoms with van der Waals surface area (Å²) < 4.78 is 22.0.